The summed E-state index contributed by atoms with van der Waals surface area (Å²) in [5, 5.41) is 0. The fourth-order valence-electron chi connectivity index (χ4n) is 2.09. The fraction of sp³-hybridized carbons (Fsp3) is 0.545. The van der Waals surface area contributed by atoms with Crippen molar-refractivity contribution in [3.8, 4) is 0 Å². The van der Waals surface area contributed by atoms with Crippen molar-refractivity contribution in [2.24, 2.45) is 17.6 Å². The Labute approximate surface area is 84.5 Å². The third-order valence-electron chi connectivity index (χ3n) is 3.21. The van der Waals surface area contributed by atoms with Crippen LogP contribution in [-0.4, -0.2) is 4.98 Å². The molecule has 3 atom stereocenters. The molecule has 3 nitrogen and oxygen atoms in total. The van der Waals surface area contributed by atoms with Crippen molar-refractivity contribution in [1.29, 1.82) is 0 Å². The highest BCUT2D eigenvalue weighted by Crippen LogP contribution is 2.47. The minimum atomic E-state index is 0.0682. The van der Waals surface area contributed by atoms with Gasteiger partial charge in [-0.05, 0) is 36.8 Å². The Morgan fingerprint density at radius 3 is 2.71 bits per heavy atom. The second kappa shape index (κ2) is 3.24. The van der Waals surface area contributed by atoms with Gasteiger partial charge in [-0.15, -0.1) is 0 Å². The maximum absolute atomic E-state index is 6.17. The number of nitrogens with zero attached hydrogens (tertiary/aromatic N) is 1. The number of hydrogen-bond acceptors (Lipinski definition) is 3. The Morgan fingerprint density at radius 2 is 2.21 bits per heavy atom. The van der Waals surface area contributed by atoms with Gasteiger partial charge in [0, 0.05) is 17.8 Å². The molecule has 14 heavy (non-hydrogen) atoms. The molecule has 0 bridgehead atoms. The molecule has 3 unspecified atom stereocenters. The number of rotatable bonds is 2. The van der Waals surface area contributed by atoms with Crippen LogP contribution in [-0.2, 0) is 0 Å². The molecule has 1 saturated carbocycles. The first-order valence-corrected chi connectivity index (χ1v) is 5.08. The Hall–Kier alpha value is -1.09. The lowest BCUT2D eigenvalue weighted by Crippen LogP contribution is -2.17. The molecule has 1 aromatic heterocycles. The van der Waals surface area contributed by atoms with Gasteiger partial charge < -0.3 is 11.5 Å². The van der Waals surface area contributed by atoms with Crippen LogP contribution in [0, 0.1) is 18.8 Å². The molecule has 0 aromatic carbocycles. The van der Waals surface area contributed by atoms with Crippen molar-refractivity contribution >= 4 is 5.82 Å². The van der Waals surface area contributed by atoms with E-state index >= 15 is 0 Å². The van der Waals surface area contributed by atoms with Gasteiger partial charge in [-0.3, -0.25) is 0 Å². The van der Waals surface area contributed by atoms with Crippen LogP contribution in [0.3, 0.4) is 0 Å². The summed E-state index contributed by atoms with van der Waals surface area (Å²) in [4.78, 5) is 4.09. The van der Waals surface area contributed by atoms with Gasteiger partial charge in [-0.25, -0.2) is 4.98 Å². The predicted octanol–water partition coefficient (Wildman–Crippen LogP) is 1.63. The van der Waals surface area contributed by atoms with Crippen LogP contribution in [0.15, 0.2) is 12.3 Å². The molecule has 4 N–H and O–H groups in total. The number of anilines is 1. The summed E-state index contributed by atoms with van der Waals surface area (Å²) >= 11 is 0. The van der Waals surface area contributed by atoms with Crippen molar-refractivity contribution < 1.29 is 0 Å². The summed E-state index contributed by atoms with van der Waals surface area (Å²) in [5.41, 5.74) is 14.2. The van der Waals surface area contributed by atoms with Gasteiger partial charge >= 0.3 is 0 Å². The molecule has 1 fully saturated rings. The predicted molar refractivity (Wildman–Crippen MR) is 57.6 cm³/mol. The van der Waals surface area contributed by atoms with E-state index in [2.05, 4.69) is 11.9 Å². The van der Waals surface area contributed by atoms with Gasteiger partial charge in [-0.2, -0.15) is 0 Å². The van der Waals surface area contributed by atoms with Crippen LogP contribution in [0.25, 0.3) is 0 Å². The van der Waals surface area contributed by atoms with Gasteiger partial charge in [-0.1, -0.05) is 6.92 Å². The highest BCUT2D eigenvalue weighted by Gasteiger charge is 2.39. The molecule has 76 valence electrons. The van der Waals surface area contributed by atoms with Crippen LogP contribution < -0.4 is 11.5 Å². The lowest BCUT2D eigenvalue weighted by Gasteiger charge is -2.15. The van der Waals surface area contributed by atoms with Crippen molar-refractivity contribution in [3.63, 3.8) is 0 Å². The molecule has 1 aliphatic carbocycles. The molecule has 0 radical (unpaired) electrons. The maximum atomic E-state index is 6.17. The Kier molecular flexibility index (Phi) is 2.19. The van der Waals surface area contributed by atoms with Gasteiger partial charge in [0.15, 0.2) is 0 Å². The van der Waals surface area contributed by atoms with E-state index in [1.165, 1.54) is 6.42 Å². The van der Waals surface area contributed by atoms with Crippen LogP contribution in [0.1, 0.15) is 30.5 Å². The summed E-state index contributed by atoms with van der Waals surface area (Å²) in [6, 6.07) is 2.04. The zero-order chi connectivity index (χ0) is 10.3. The molecule has 0 aliphatic heterocycles. The van der Waals surface area contributed by atoms with Crippen molar-refractivity contribution in [1.82, 2.24) is 4.98 Å². The Balaban J connectivity index is 2.31. The molecule has 1 heterocycles. The first-order chi connectivity index (χ1) is 6.61. The van der Waals surface area contributed by atoms with E-state index in [0.29, 0.717) is 11.7 Å². The molecule has 1 aliphatic rings. The van der Waals surface area contributed by atoms with Crippen LogP contribution in [0.2, 0.25) is 0 Å². The smallest absolute Gasteiger partial charge is 0.128 e. The average Bonchev–Trinajstić information content (AvgIpc) is 2.82. The average molecular weight is 191 g/mol. The van der Waals surface area contributed by atoms with E-state index < -0.39 is 0 Å². The largest absolute Gasteiger partial charge is 0.383 e. The lowest BCUT2D eigenvalue weighted by molar-refractivity contribution is 0.590. The number of pyridine rings is 1. The van der Waals surface area contributed by atoms with Gasteiger partial charge in [0.1, 0.15) is 5.82 Å². The first kappa shape index (κ1) is 9.46. The Bertz CT molecular complexity index is 328. The molecule has 0 saturated heterocycles. The summed E-state index contributed by atoms with van der Waals surface area (Å²) in [6.07, 6.45) is 2.95. The van der Waals surface area contributed by atoms with E-state index in [1.807, 2.05) is 13.0 Å². The first-order valence-electron chi connectivity index (χ1n) is 5.08. The van der Waals surface area contributed by atoms with Crippen LogP contribution >= 0.6 is 0 Å². The molecule has 0 amide bonds. The second-order valence-corrected chi connectivity index (χ2v) is 4.33. The SMILES string of the molecule is Cc1ccnc(N)c1C(N)C1CC1C. The van der Waals surface area contributed by atoms with E-state index in [9.17, 15) is 0 Å². The van der Waals surface area contributed by atoms with Crippen LogP contribution in [0.4, 0.5) is 5.82 Å². The second-order valence-electron chi connectivity index (χ2n) is 4.33. The van der Waals surface area contributed by atoms with Gasteiger partial charge in [0.25, 0.3) is 0 Å². The molecule has 1 aromatic rings. The maximum Gasteiger partial charge on any atom is 0.128 e. The zero-order valence-electron chi connectivity index (χ0n) is 8.70. The summed E-state index contributed by atoms with van der Waals surface area (Å²) in [5.74, 6) is 1.93. The van der Waals surface area contributed by atoms with E-state index in [1.54, 1.807) is 6.20 Å². The number of nitrogen functional groups attached to an aromatic ring is 1. The molecule has 3 heteroatoms. The third kappa shape index (κ3) is 1.48. The monoisotopic (exact) mass is 191 g/mol. The van der Waals surface area contributed by atoms with Gasteiger partial charge in [0.2, 0.25) is 0 Å². The normalized spacial score (nSPS) is 27.4. The number of nitrogens with two attached hydrogens (primary N) is 2. The molecular formula is C11H17N3. The lowest BCUT2D eigenvalue weighted by atomic mass is 9.98. The van der Waals surface area contributed by atoms with Gasteiger partial charge in [0.05, 0.1) is 0 Å². The quantitative estimate of drug-likeness (QED) is 0.746. The highest BCUT2D eigenvalue weighted by atomic mass is 14.8. The minimum absolute atomic E-state index is 0.0682. The Morgan fingerprint density at radius 1 is 1.57 bits per heavy atom. The highest BCUT2D eigenvalue weighted by molar-refractivity contribution is 5.46. The van der Waals surface area contributed by atoms with Crippen molar-refractivity contribution in [3.05, 3.63) is 23.4 Å². The van der Waals surface area contributed by atoms with Crippen molar-refractivity contribution in [2.75, 3.05) is 5.73 Å². The van der Waals surface area contributed by atoms with E-state index in [4.69, 9.17) is 11.5 Å². The number of aryl methyl sites for hydroxylation is 1. The van der Waals surface area contributed by atoms with E-state index in [-0.39, 0.29) is 6.04 Å². The van der Waals surface area contributed by atoms with Crippen LogP contribution in [0.5, 0.6) is 0 Å². The number of aromatic nitrogens is 1. The third-order valence-corrected chi connectivity index (χ3v) is 3.21. The molecular weight excluding hydrogens is 174 g/mol. The van der Waals surface area contributed by atoms with Crippen molar-refractivity contribution in [2.45, 2.75) is 26.3 Å². The summed E-state index contributed by atoms with van der Waals surface area (Å²) in [6.45, 7) is 4.27. The summed E-state index contributed by atoms with van der Waals surface area (Å²) < 4.78 is 0. The minimum Gasteiger partial charge on any atom is -0.383 e. The molecule has 0 spiro atoms. The number of hydrogen-bond donors (Lipinski definition) is 2. The van der Waals surface area contributed by atoms with E-state index in [0.717, 1.165) is 17.0 Å². The zero-order valence-corrected chi connectivity index (χ0v) is 8.70. The molecule has 2 rings (SSSR count). The standard InChI is InChI=1S/C11H17N3/c1-6-3-4-14-11(13)9(6)10(12)8-5-7(8)2/h3-4,7-8,10H,5,12H2,1-2H3,(H2,13,14). The topological polar surface area (TPSA) is 64.9 Å². The summed E-state index contributed by atoms with van der Waals surface area (Å²) in [7, 11) is 0. The fourth-order valence-corrected chi connectivity index (χ4v) is 2.09.